The van der Waals surface area contributed by atoms with E-state index in [4.69, 9.17) is 0 Å². The lowest BCUT2D eigenvalue weighted by atomic mass is 10.0. The number of aliphatic hydroxyl groups is 1. The quantitative estimate of drug-likeness (QED) is 0.301. The van der Waals surface area contributed by atoms with Gasteiger partial charge in [0.05, 0.1) is 20.6 Å². The van der Waals surface area contributed by atoms with Crippen LogP contribution in [0.4, 0.5) is 0 Å². The third-order valence-electron chi connectivity index (χ3n) is 4.99. The summed E-state index contributed by atoms with van der Waals surface area (Å²) in [5, 5.41) is 20.7. The van der Waals surface area contributed by atoms with Gasteiger partial charge in [0.25, 0.3) is 0 Å². The number of aliphatic hydroxyl groups excluding tert-OH is 1. The number of hydrogen-bond acceptors (Lipinski definition) is 3. The zero-order valence-electron chi connectivity index (χ0n) is 17.1. The topological polar surface area (TPSA) is 60.4 Å². The molecular weight excluding hydrogens is 314 g/mol. The van der Waals surface area contributed by atoms with E-state index in [0.29, 0.717) is 17.4 Å². The fraction of sp³-hybridized carbons (Fsp3) is 0.952. The number of quaternary nitrogens is 1. The first kappa shape index (κ1) is 24.4. The van der Waals surface area contributed by atoms with Gasteiger partial charge in [-0.15, -0.1) is 0 Å². The predicted octanol–water partition coefficient (Wildman–Crippen LogP) is 3.65. The van der Waals surface area contributed by atoms with E-state index in [2.05, 4.69) is 21.0 Å². The molecule has 25 heavy (non-hydrogen) atoms. The maximum Gasteiger partial charge on any atom is 0.105 e. The van der Waals surface area contributed by atoms with Crippen LogP contribution in [0.2, 0.25) is 0 Å². The van der Waals surface area contributed by atoms with E-state index in [1.54, 1.807) is 0 Å². The molecule has 0 fully saturated rings. The molecule has 0 aromatic carbocycles. The summed E-state index contributed by atoms with van der Waals surface area (Å²) >= 11 is 0. The fourth-order valence-electron chi connectivity index (χ4n) is 3.45. The van der Waals surface area contributed by atoms with Gasteiger partial charge in [0.1, 0.15) is 12.6 Å². The molecule has 0 radical (unpaired) electrons. The minimum atomic E-state index is -0.985. The largest absolute Gasteiger partial charge is 0.550 e. The highest BCUT2D eigenvalue weighted by Crippen LogP contribution is 2.13. The minimum absolute atomic E-state index is 0.108. The molecule has 0 saturated carbocycles. The Morgan fingerprint density at radius 3 is 1.84 bits per heavy atom. The fourth-order valence-corrected chi connectivity index (χ4v) is 3.45. The second kappa shape index (κ2) is 15.6. The first-order valence-electron chi connectivity index (χ1n) is 10.6. The number of unbranched alkanes of at least 4 members (excludes halogenated alkanes) is 10. The number of carboxylic acid groups (broad SMARTS) is 1. The predicted molar refractivity (Wildman–Crippen MR) is 103 cm³/mol. The van der Waals surface area contributed by atoms with Crippen LogP contribution < -0.4 is 5.11 Å². The van der Waals surface area contributed by atoms with E-state index >= 15 is 0 Å². The number of carbonyl (C=O) groups is 1. The van der Waals surface area contributed by atoms with Gasteiger partial charge in [-0.1, -0.05) is 77.6 Å². The smallest absolute Gasteiger partial charge is 0.105 e. The SMILES string of the molecule is CCCCCCCCCCCCCC(O)C[N+](C)(C)CCCC(=O)[O-]. The van der Waals surface area contributed by atoms with Crippen LogP contribution in [0.5, 0.6) is 0 Å². The lowest BCUT2D eigenvalue weighted by Gasteiger charge is -2.32. The van der Waals surface area contributed by atoms with E-state index in [9.17, 15) is 15.0 Å². The van der Waals surface area contributed by atoms with Crippen molar-refractivity contribution in [3.05, 3.63) is 0 Å². The Bertz CT molecular complexity index is 318. The van der Waals surface area contributed by atoms with Crippen LogP contribution in [0.15, 0.2) is 0 Å². The van der Waals surface area contributed by atoms with Gasteiger partial charge in [-0.3, -0.25) is 0 Å². The minimum Gasteiger partial charge on any atom is -0.550 e. The van der Waals surface area contributed by atoms with Crippen molar-refractivity contribution >= 4 is 5.97 Å². The molecule has 0 aliphatic heterocycles. The first-order chi connectivity index (χ1) is 11.9. The van der Waals surface area contributed by atoms with Crippen molar-refractivity contribution in [3.63, 3.8) is 0 Å². The molecule has 0 aliphatic rings. The molecule has 0 bridgehead atoms. The van der Waals surface area contributed by atoms with Crippen LogP contribution in [0.1, 0.15) is 96.8 Å². The summed E-state index contributed by atoms with van der Waals surface area (Å²) < 4.78 is 0.673. The standard InChI is InChI=1S/C21H43NO3/c1-4-5-6-7-8-9-10-11-12-13-14-16-20(23)19-22(2,3)18-15-17-21(24)25/h20,23H,4-19H2,1-3H3. The highest BCUT2D eigenvalue weighted by molar-refractivity contribution is 5.64. The van der Waals surface area contributed by atoms with Gasteiger partial charge in [-0.2, -0.15) is 0 Å². The average Bonchev–Trinajstić information content (AvgIpc) is 2.51. The lowest BCUT2D eigenvalue weighted by molar-refractivity contribution is -0.893. The van der Waals surface area contributed by atoms with Gasteiger partial charge in [-0.05, 0) is 12.8 Å². The number of aliphatic carboxylic acids is 1. The molecule has 1 atom stereocenters. The molecule has 0 rings (SSSR count). The van der Waals surface area contributed by atoms with Crippen LogP contribution in [0.3, 0.4) is 0 Å². The van der Waals surface area contributed by atoms with Crippen molar-refractivity contribution < 1.29 is 19.5 Å². The van der Waals surface area contributed by atoms with Crippen molar-refractivity contribution in [2.75, 3.05) is 27.2 Å². The Morgan fingerprint density at radius 2 is 1.36 bits per heavy atom. The molecule has 0 aliphatic carbocycles. The summed E-state index contributed by atoms with van der Waals surface area (Å²) in [6.07, 6.45) is 15.9. The van der Waals surface area contributed by atoms with E-state index in [1.165, 1.54) is 64.2 Å². The summed E-state index contributed by atoms with van der Waals surface area (Å²) in [7, 11) is 4.11. The molecular formula is C21H43NO3. The van der Waals surface area contributed by atoms with Gasteiger partial charge in [0.2, 0.25) is 0 Å². The zero-order chi connectivity index (χ0) is 19.0. The Morgan fingerprint density at radius 1 is 0.880 bits per heavy atom. The normalized spacial score (nSPS) is 13.1. The number of carboxylic acids is 1. The van der Waals surface area contributed by atoms with Crippen LogP contribution in [-0.2, 0) is 4.79 Å². The van der Waals surface area contributed by atoms with Crippen molar-refractivity contribution in [3.8, 4) is 0 Å². The third kappa shape index (κ3) is 18.0. The van der Waals surface area contributed by atoms with E-state index < -0.39 is 5.97 Å². The second-order valence-corrected chi connectivity index (χ2v) is 8.30. The molecule has 0 amide bonds. The maximum absolute atomic E-state index is 10.5. The maximum atomic E-state index is 10.5. The van der Waals surface area contributed by atoms with Crippen LogP contribution in [-0.4, -0.2) is 48.8 Å². The molecule has 0 saturated heterocycles. The summed E-state index contributed by atoms with van der Waals surface area (Å²) in [5.41, 5.74) is 0. The number of hydrogen-bond donors (Lipinski definition) is 1. The third-order valence-corrected chi connectivity index (χ3v) is 4.99. The molecule has 0 heterocycles. The summed E-state index contributed by atoms with van der Waals surface area (Å²) in [6, 6.07) is 0. The molecule has 4 heteroatoms. The number of carbonyl (C=O) groups excluding carboxylic acids is 1. The Balaban J connectivity index is 3.47. The Hall–Kier alpha value is -0.610. The number of nitrogens with zero attached hydrogens (tertiary/aromatic N) is 1. The second-order valence-electron chi connectivity index (χ2n) is 8.30. The lowest BCUT2D eigenvalue weighted by Crippen LogP contribution is -2.46. The van der Waals surface area contributed by atoms with Gasteiger partial charge in [0.15, 0.2) is 0 Å². The van der Waals surface area contributed by atoms with Gasteiger partial charge < -0.3 is 19.5 Å². The molecule has 0 aromatic rings. The van der Waals surface area contributed by atoms with Crippen LogP contribution >= 0.6 is 0 Å². The summed E-state index contributed by atoms with van der Waals surface area (Å²) in [4.78, 5) is 10.5. The zero-order valence-corrected chi connectivity index (χ0v) is 17.1. The summed E-state index contributed by atoms with van der Waals surface area (Å²) in [5.74, 6) is -0.985. The van der Waals surface area contributed by atoms with Gasteiger partial charge in [-0.25, -0.2) is 0 Å². The molecule has 150 valence electrons. The molecule has 0 spiro atoms. The molecule has 1 N–H and O–H groups in total. The van der Waals surface area contributed by atoms with Gasteiger partial charge in [0, 0.05) is 12.4 Å². The van der Waals surface area contributed by atoms with E-state index in [0.717, 1.165) is 19.4 Å². The first-order valence-corrected chi connectivity index (χ1v) is 10.6. The van der Waals surface area contributed by atoms with Crippen LogP contribution in [0, 0.1) is 0 Å². The van der Waals surface area contributed by atoms with Crippen molar-refractivity contribution in [2.24, 2.45) is 0 Å². The monoisotopic (exact) mass is 357 g/mol. The van der Waals surface area contributed by atoms with Crippen molar-refractivity contribution in [1.82, 2.24) is 0 Å². The molecule has 4 nitrogen and oxygen atoms in total. The Kier molecular flexibility index (Phi) is 15.2. The van der Waals surface area contributed by atoms with E-state index in [-0.39, 0.29) is 12.5 Å². The van der Waals surface area contributed by atoms with Gasteiger partial charge >= 0.3 is 0 Å². The van der Waals surface area contributed by atoms with Crippen molar-refractivity contribution in [2.45, 2.75) is 103 Å². The highest BCUT2D eigenvalue weighted by Gasteiger charge is 2.19. The molecule has 1 unspecified atom stereocenters. The summed E-state index contributed by atoms with van der Waals surface area (Å²) in [6.45, 7) is 3.72. The van der Waals surface area contributed by atoms with E-state index in [1.807, 2.05) is 0 Å². The van der Waals surface area contributed by atoms with Crippen molar-refractivity contribution in [1.29, 1.82) is 0 Å². The number of likely N-dealkylation sites (N-methyl/N-ethyl adjacent to an activating group) is 1. The number of rotatable bonds is 18. The average molecular weight is 358 g/mol. The molecule has 0 aromatic heterocycles. The van der Waals surface area contributed by atoms with Crippen LogP contribution in [0.25, 0.3) is 0 Å². The Labute approximate surface area is 156 Å². The highest BCUT2D eigenvalue weighted by atomic mass is 16.4.